The van der Waals surface area contributed by atoms with E-state index in [9.17, 15) is 4.79 Å². The highest BCUT2D eigenvalue weighted by Gasteiger charge is 2.25. The lowest BCUT2D eigenvalue weighted by molar-refractivity contribution is -0.0683. The summed E-state index contributed by atoms with van der Waals surface area (Å²) in [5.41, 5.74) is 6.88. The number of anilines is 1. The van der Waals surface area contributed by atoms with Crippen molar-refractivity contribution in [2.24, 2.45) is 5.73 Å². The Bertz CT molecular complexity index is 472. The zero-order valence-electron chi connectivity index (χ0n) is 12.6. The van der Waals surface area contributed by atoms with E-state index in [0.29, 0.717) is 11.7 Å². The molecule has 110 valence electrons. The topological polar surface area (TPSA) is 55.6 Å². The monoisotopic (exact) mass is 276 g/mol. The van der Waals surface area contributed by atoms with Gasteiger partial charge in [-0.25, -0.2) is 0 Å². The lowest BCUT2D eigenvalue weighted by Crippen LogP contribution is -2.40. The predicted octanol–water partition coefficient (Wildman–Crippen LogP) is 2.57. The number of para-hydroxylation sites is 1. The van der Waals surface area contributed by atoms with Gasteiger partial charge in [0.2, 0.25) is 0 Å². The molecule has 1 heterocycles. The lowest BCUT2D eigenvalue weighted by Gasteiger charge is -2.37. The second-order valence-corrected chi connectivity index (χ2v) is 6.30. The minimum atomic E-state index is -0.367. The number of nitrogens with zero attached hydrogens (tertiary/aromatic N) is 1. The molecule has 2 rings (SSSR count). The van der Waals surface area contributed by atoms with Crippen LogP contribution < -0.4 is 10.6 Å². The number of hydrogen-bond acceptors (Lipinski definition) is 3. The van der Waals surface area contributed by atoms with E-state index >= 15 is 0 Å². The molecule has 1 saturated heterocycles. The van der Waals surface area contributed by atoms with Gasteiger partial charge in [-0.15, -0.1) is 0 Å². The van der Waals surface area contributed by atoms with Crippen LogP contribution in [0.4, 0.5) is 5.69 Å². The van der Waals surface area contributed by atoms with E-state index in [1.807, 2.05) is 18.2 Å². The number of nitrogens with two attached hydrogens (primary N) is 1. The first-order chi connectivity index (χ1) is 9.37. The number of benzene rings is 1. The van der Waals surface area contributed by atoms with Crippen LogP contribution in [-0.4, -0.2) is 30.7 Å². The number of rotatable bonds is 3. The van der Waals surface area contributed by atoms with Crippen LogP contribution in [0.15, 0.2) is 24.3 Å². The van der Waals surface area contributed by atoms with Gasteiger partial charge in [0, 0.05) is 18.8 Å². The molecule has 4 nitrogen and oxygen atoms in total. The van der Waals surface area contributed by atoms with Gasteiger partial charge in [-0.3, -0.25) is 4.79 Å². The molecule has 20 heavy (non-hydrogen) atoms. The van der Waals surface area contributed by atoms with E-state index in [1.54, 1.807) is 6.07 Å². The summed E-state index contributed by atoms with van der Waals surface area (Å²) >= 11 is 0. The van der Waals surface area contributed by atoms with Crippen molar-refractivity contribution in [3.05, 3.63) is 29.8 Å². The Morgan fingerprint density at radius 3 is 2.40 bits per heavy atom. The van der Waals surface area contributed by atoms with Crippen LogP contribution in [0.5, 0.6) is 0 Å². The van der Waals surface area contributed by atoms with Crippen molar-refractivity contribution in [2.75, 3.05) is 18.0 Å². The Balaban J connectivity index is 2.03. The van der Waals surface area contributed by atoms with Crippen molar-refractivity contribution in [3.63, 3.8) is 0 Å². The van der Waals surface area contributed by atoms with Crippen molar-refractivity contribution in [3.8, 4) is 0 Å². The zero-order valence-corrected chi connectivity index (χ0v) is 12.6. The molecule has 0 radical (unpaired) electrons. The molecular formula is C16H24N2O2. The number of piperidine rings is 1. The predicted molar refractivity (Wildman–Crippen MR) is 81.0 cm³/mol. The van der Waals surface area contributed by atoms with Gasteiger partial charge < -0.3 is 15.4 Å². The first-order valence-electron chi connectivity index (χ1n) is 7.18. The number of hydrogen-bond donors (Lipinski definition) is 1. The molecule has 1 aliphatic rings. The number of primary amides is 1. The molecule has 2 N–H and O–H groups in total. The molecule has 1 aliphatic heterocycles. The van der Waals surface area contributed by atoms with Gasteiger partial charge in [0.1, 0.15) is 0 Å². The summed E-state index contributed by atoms with van der Waals surface area (Å²) in [4.78, 5) is 13.7. The number of ether oxygens (including phenoxy) is 1. The lowest BCUT2D eigenvalue weighted by atomic mass is 10.0. The molecule has 0 unspecified atom stereocenters. The number of carbonyl (C=O) groups is 1. The third-order valence-electron chi connectivity index (χ3n) is 3.47. The highest BCUT2D eigenvalue weighted by molar-refractivity contribution is 5.98. The van der Waals surface area contributed by atoms with Crippen LogP contribution in [-0.2, 0) is 4.74 Å². The summed E-state index contributed by atoms with van der Waals surface area (Å²) in [6.45, 7) is 8.04. The average Bonchev–Trinajstić information content (AvgIpc) is 2.38. The molecule has 1 aromatic carbocycles. The van der Waals surface area contributed by atoms with Crippen molar-refractivity contribution < 1.29 is 9.53 Å². The van der Waals surface area contributed by atoms with Gasteiger partial charge in [0.15, 0.2) is 0 Å². The molecule has 4 heteroatoms. The summed E-state index contributed by atoms with van der Waals surface area (Å²) in [6, 6.07) is 7.54. The van der Waals surface area contributed by atoms with Crippen LogP contribution in [0.25, 0.3) is 0 Å². The zero-order chi connectivity index (χ0) is 14.8. The van der Waals surface area contributed by atoms with Gasteiger partial charge in [0.25, 0.3) is 5.91 Å². The first-order valence-corrected chi connectivity index (χ1v) is 7.18. The van der Waals surface area contributed by atoms with Crippen molar-refractivity contribution in [1.29, 1.82) is 0 Å². The van der Waals surface area contributed by atoms with E-state index < -0.39 is 0 Å². The fourth-order valence-corrected chi connectivity index (χ4v) is 2.67. The second kappa shape index (κ2) is 5.83. The molecule has 1 amide bonds. The summed E-state index contributed by atoms with van der Waals surface area (Å²) in [6.07, 6.45) is 2.25. The van der Waals surface area contributed by atoms with Crippen molar-refractivity contribution in [2.45, 2.75) is 45.3 Å². The van der Waals surface area contributed by atoms with Gasteiger partial charge >= 0.3 is 0 Å². The van der Waals surface area contributed by atoms with Gasteiger partial charge in [0.05, 0.1) is 17.3 Å². The Labute approximate surface area is 120 Å². The molecule has 1 fully saturated rings. The Hall–Kier alpha value is -1.55. The maximum Gasteiger partial charge on any atom is 0.250 e. The summed E-state index contributed by atoms with van der Waals surface area (Å²) in [5.74, 6) is -0.367. The summed E-state index contributed by atoms with van der Waals surface area (Å²) in [5, 5.41) is 0. The van der Waals surface area contributed by atoms with Crippen LogP contribution in [0.3, 0.4) is 0 Å². The fraction of sp³-hybridized carbons (Fsp3) is 0.562. The van der Waals surface area contributed by atoms with Crippen LogP contribution >= 0.6 is 0 Å². The number of amides is 1. The van der Waals surface area contributed by atoms with Gasteiger partial charge in [-0.2, -0.15) is 0 Å². The normalized spacial score (nSPS) is 17.2. The largest absolute Gasteiger partial charge is 0.372 e. The maximum absolute atomic E-state index is 11.5. The van der Waals surface area contributed by atoms with E-state index in [1.165, 1.54) is 0 Å². The number of carbonyl (C=O) groups excluding carboxylic acids is 1. The minimum absolute atomic E-state index is 0.0992. The molecule has 0 bridgehead atoms. The van der Waals surface area contributed by atoms with E-state index in [4.69, 9.17) is 10.5 Å². The van der Waals surface area contributed by atoms with Crippen molar-refractivity contribution in [1.82, 2.24) is 0 Å². The standard InChI is InChI=1S/C16H24N2O2/c1-16(2,3)20-12-8-10-18(11-9-12)14-7-5-4-6-13(14)15(17)19/h4-7,12H,8-11H2,1-3H3,(H2,17,19). The first kappa shape index (κ1) is 14.9. The van der Waals surface area contributed by atoms with E-state index in [-0.39, 0.29) is 11.5 Å². The average molecular weight is 276 g/mol. The molecule has 0 spiro atoms. The highest BCUT2D eigenvalue weighted by Crippen LogP contribution is 2.26. The summed E-state index contributed by atoms with van der Waals surface area (Å²) < 4.78 is 6.02. The maximum atomic E-state index is 11.5. The Morgan fingerprint density at radius 2 is 1.85 bits per heavy atom. The molecule has 0 atom stereocenters. The SMILES string of the molecule is CC(C)(C)OC1CCN(c2ccccc2C(N)=O)CC1. The highest BCUT2D eigenvalue weighted by atomic mass is 16.5. The van der Waals surface area contributed by atoms with Crippen molar-refractivity contribution >= 4 is 11.6 Å². The quantitative estimate of drug-likeness (QED) is 0.923. The fourth-order valence-electron chi connectivity index (χ4n) is 2.67. The van der Waals surface area contributed by atoms with E-state index in [0.717, 1.165) is 31.6 Å². The van der Waals surface area contributed by atoms with E-state index in [2.05, 4.69) is 25.7 Å². The smallest absolute Gasteiger partial charge is 0.250 e. The van der Waals surface area contributed by atoms with Gasteiger partial charge in [-0.05, 0) is 45.7 Å². The van der Waals surface area contributed by atoms with Crippen LogP contribution in [0, 0.1) is 0 Å². The molecule has 0 saturated carbocycles. The third-order valence-corrected chi connectivity index (χ3v) is 3.47. The minimum Gasteiger partial charge on any atom is -0.372 e. The van der Waals surface area contributed by atoms with Crippen LogP contribution in [0.1, 0.15) is 44.0 Å². The molecule has 0 aliphatic carbocycles. The Kier molecular flexibility index (Phi) is 4.33. The molecular weight excluding hydrogens is 252 g/mol. The van der Waals surface area contributed by atoms with Crippen LogP contribution in [0.2, 0.25) is 0 Å². The third kappa shape index (κ3) is 3.73. The molecule has 0 aromatic heterocycles. The molecule has 1 aromatic rings. The Morgan fingerprint density at radius 1 is 1.25 bits per heavy atom. The second-order valence-electron chi connectivity index (χ2n) is 6.30. The van der Waals surface area contributed by atoms with Gasteiger partial charge in [-0.1, -0.05) is 12.1 Å². The summed E-state index contributed by atoms with van der Waals surface area (Å²) in [7, 11) is 0.